The number of nitrogens with one attached hydrogen (secondary N) is 3. The molecule has 8 heteroatoms. The van der Waals surface area contributed by atoms with E-state index >= 15 is 0 Å². The molecule has 4 aliphatic carbocycles. The van der Waals surface area contributed by atoms with Gasteiger partial charge in [-0.2, -0.15) is 0 Å². The molecule has 3 N–H and O–H groups in total. The zero-order valence-electron chi connectivity index (χ0n) is 17.1. The second-order valence-electron chi connectivity index (χ2n) is 9.13. The summed E-state index contributed by atoms with van der Waals surface area (Å²) in [6, 6.07) is 5.29. The molecule has 0 aliphatic heterocycles. The van der Waals surface area contributed by atoms with Crippen LogP contribution in [0.4, 0.5) is 4.39 Å². The average Bonchev–Trinajstić information content (AvgIpc) is 2.70. The summed E-state index contributed by atoms with van der Waals surface area (Å²) >= 11 is 0. The molecule has 1 atom stereocenters. The normalized spacial score (nSPS) is 29.7. The number of carbonyl (C=O) groups excluding carboxylic acids is 3. The lowest BCUT2D eigenvalue weighted by molar-refractivity contribution is -0.147. The SMILES string of the molecule is CC(Oc1ccc(F)cc1)C(=O)NNC(=O)CNC(=O)C12CC3CC(CC(C3)C1)C2. The summed E-state index contributed by atoms with van der Waals surface area (Å²) in [5.74, 6) is 0.801. The van der Waals surface area contributed by atoms with Crippen molar-refractivity contribution in [1.82, 2.24) is 16.2 Å². The molecule has 0 aromatic heterocycles. The van der Waals surface area contributed by atoms with Crippen LogP contribution < -0.4 is 20.9 Å². The Bertz CT molecular complexity index is 791. The topological polar surface area (TPSA) is 96.5 Å². The summed E-state index contributed by atoms with van der Waals surface area (Å²) in [4.78, 5) is 37.0. The van der Waals surface area contributed by atoms with Gasteiger partial charge in [-0.15, -0.1) is 0 Å². The molecule has 162 valence electrons. The highest BCUT2D eigenvalue weighted by atomic mass is 19.1. The summed E-state index contributed by atoms with van der Waals surface area (Å²) in [6.07, 6.45) is 5.65. The molecule has 1 aromatic rings. The number of hydrogen-bond donors (Lipinski definition) is 3. The van der Waals surface area contributed by atoms with Crippen molar-refractivity contribution >= 4 is 17.7 Å². The highest BCUT2D eigenvalue weighted by Gasteiger charge is 2.54. The smallest absolute Gasteiger partial charge is 0.279 e. The molecule has 1 aromatic carbocycles. The Morgan fingerprint density at radius 2 is 1.60 bits per heavy atom. The van der Waals surface area contributed by atoms with E-state index in [9.17, 15) is 18.8 Å². The van der Waals surface area contributed by atoms with Crippen LogP contribution in [-0.2, 0) is 14.4 Å². The van der Waals surface area contributed by atoms with E-state index in [-0.39, 0.29) is 17.9 Å². The quantitative estimate of drug-likeness (QED) is 0.618. The third-order valence-corrected chi connectivity index (χ3v) is 6.75. The first kappa shape index (κ1) is 20.6. The Morgan fingerprint density at radius 3 is 2.17 bits per heavy atom. The Morgan fingerprint density at radius 1 is 1.03 bits per heavy atom. The van der Waals surface area contributed by atoms with Crippen LogP contribution in [0.25, 0.3) is 0 Å². The fourth-order valence-electron chi connectivity index (χ4n) is 5.78. The van der Waals surface area contributed by atoms with Crippen LogP contribution in [0.3, 0.4) is 0 Å². The lowest BCUT2D eigenvalue weighted by Gasteiger charge is -2.55. The highest BCUT2D eigenvalue weighted by Crippen LogP contribution is 2.60. The molecule has 4 saturated carbocycles. The average molecular weight is 417 g/mol. The van der Waals surface area contributed by atoms with E-state index in [1.807, 2.05) is 0 Å². The van der Waals surface area contributed by atoms with E-state index in [0.717, 1.165) is 19.3 Å². The number of hydrogen-bond acceptors (Lipinski definition) is 4. The molecule has 7 nitrogen and oxygen atoms in total. The van der Waals surface area contributed by atoms with Crippen LogP contribution in [0.15, 0.2) is 24.3 Å². The van der Waals surface area contributed by atoms with Crippen molar-refractivity contribution < 1.29 is 23.5 Å². The predicted molar refractivity (Wildman–Crippen MR) is 106 cm³/mol. The van der Waals surface area contributed by atoms with Crippen molar-refractivity contribution in [3.05, 3.63) is 30.1 Å². The minimum absolute atomic E-state index is 0.0314. The van der Waals surface area contributed by atoms with Gasteiger partial charge in [-0.05, 0) is 87.5 Å². The minimum atomic E-state index is -0.891. The Balaban J connectivity index is 1.20. The van der Waals surface area contributed by atoms with E-state index in [4.69, 9.17) is 4.74 Å². The highest BCUT2D eigenvalue weighted by molar-refractivity contribution is 5.89. The number of benzene rings is 1. The number of amides is 3. The number of rotatable bonds is 6. The summed E-state index contributed by atoms with van der Waals surface area (Å²) in [5.41, 5.74) is 4.27. The van der Waals surface area contributed by atoms with Gasteiger partial charge in [0.1, 0.15) is 11.6 Å². The molecule has 4 aliphatic rings. The molecular formula is C22H28FN3O4. The molecule has 5 rings (SSSR count). The Labute approximate surface area is 175 Å². The molecule has 0 heterocycles. The first-order valence-electron chi connectivity index (χ1n) is 10.6. The van der Waals surface area contributed by atoms with Crippen molar-refractivity contribution in [3.8, 4) is 5.75 Å². The van der Waals surface area contributed by atoms with Gasteiger partial charge < -0.3 is 10.1 Å². The summed E-state index contributed by atoms with van der Waals surface area (Å²) < 4.78 is 18.3. The number of ether oxygens (including phenoxy) is 1. The van der Waals surface area contributed by atoms with Gasteiger partial charge in [-0.25, -0.2) is 4.39 Å². The van der Waals surface area contributed by atoms with Gasteiger partial charge in [0.05, 0.1) is 6.54 Å². The second kappa shape index (κ2) is 8.24. The summed E-state index contributed by atoms with van der Waals surface area (Å²) in [5, 5.41) is 2.77. The van der Waals surface area contributed by atoms with Crippen molar-refractivity contribution in [2.75, 3.05) is 6.54 Å². The largest absolute Gasteiger partial charge is 0.481 e. The van der Waals surface area contributed by atoms with Gasteiger partial charge in [0.25, 0.3) is 11.8 Å². The summed E-state index contributed by atoms with van der Waals surface area (Å²) in [6.45, 7) is 1.33. The maximum atomic E-state index is 12.9. The number of hydrazine groups is 1. The first-order valence-corrected chi connectivity index (χ1v) is 10.6. The van der Waals surface area contributed by atoms with E-state index in [0.29, 0.717) is 23.5 Å². The molecule has 0 spiro atoms. The predicted octanol–water partition coefficient (Wildman–Crippen LogP) is 2.07. The van der Waals surface area contributed by atoms with Crippen LogP contribution in [0.2, 0.25) is 0 Å². The lowest BCUT2D eigenvalue weighted by Crippen LogP contribution is -2.55. The molecular weight excluding hydrogens is 389 g/mol. The van der Waals surface area contributed by atoms with Crippen molar-refractivity contribution in [3.63, 3.8) is 0 Å². The molecule has 1 unspecified atom stereocenters. The van der Waals surface area contributed by atoms with E-state index in [1.54, 1.807) is 0 Å². The monoisotopic (exact) mass is 417 g/mol. The van der Waals surface area contributed by atoms with E-state index in [1.165, 1.54) is 50.5 Å². The number of carbonyl (C=O) groups is 3. The van der Waals surface area contributed by atoms with Crippen LogP contribution >= 0.6 is 0 Å². The Hall–Kier alpha value is -2.64. The Kier molecular flexibility index (Phi) is 5.66. The van der Waals surface area contributed by atoms with Gasteiger partial charge in [-0.1, -0.05) is 0 Å². The van der Waals surface area contributed by atoms with Crippen molar-refractivity contribution in [1.29, 1.82) is 0 Å². The molecule has 0 radical (unpaired) electrons. The molecule has 4 bridgehead atoms. The molecule has 4 fully saturated rings. The lowest BCUT2D eigenvalue weighted by atomic mass is 9.49. The van der Waals surface area contributed by atoms with Gasteiger partial charge >= 0.3 is 0 Å². The van der Waals surface area contributed by atoms with Gasteiger partial charge in [0, 0.05) is 5.41 Å². The standard InChI is InChI=1S/C22H28FN3O4/c1-13(30-18-4-2-17(23)3-5-18)20(28)26-25-19(27)12-24-21(29)22-9-14-6-15(10-22)8-16(7-14)11-22/h2-5,13-16H,6-12H2,1H3,(H,24,29)(H,25,27)(H,26,28). The van der Waals surface area contributed by atoms with Crippen LogP contribution in [0.5, 0.6) is 5.75 Å². The summed E-state index contributed by atoms with van der Waals surface area (Å²) in [7, 11) is 0. The van der Waals surface area contributed by atoms with Crippen LogP contribution in [0.1, 0.15) is 45.4 Å². The van der Waals surface area contributed by atoms with Gasteiger partial charge in [-0.3, -0.25) is 25.2 Å². The first-order chi connectivity index (χ1) is 14.3. The zero-order chi connectivity index (χ0) is 21.3. The van der Waals surface area contributed by atoms with Crippen molar-refractivity contribution in [2.45, 2.75) is 51.6 Å². The van der Waals surface area contributed by atoms with E-state index < -0.39 is 23.7 Å². The van der Waals surface area contributed by atoms with E-state index in [2.05, 4.69) is 16.2 Å². The molecule has 0 saturated heterocycles. The maximum Gasteiger partial charge on any atom is 0.279 e. The zero-order valence-corrected chi connectivity index (χ0v) is 17.1. The minimum Gasteiger partial charge on any atom is -0.481 e. The maximum absolute atomic E-state index is 12.9. The third kappa shape index (κ3) is 4.42. The second-order valence-corrected chi connectivity index (χ2v) is 9.13. The van der Waals surface area contributed by atoms with Gasteiger partial charge in [0.2, 0.25) is 5.91 Å². The molecule has 3 amide bonds. The van der Waals surface area contributed by atoms with Crippen LogP contribution in [0, 0.1) is 29.0 Å². The molecule has 30 heavy (non-hydrogen) atoms. The third-order valence-electron chi connectivity index (χ3n) is 6.75. The fraction of sp³-hybridized carbons (Fsp3) is 0.591. The van der Waals surface area contributed by atoms with Crippen molar-refractivity contribution in [2.24, 2.45) is 23.2 Å². The van der Waals surface area contributed by atoms with Crippen LogP contribution in [-0.4, -0.2) is 30.4 Å². The number of halogens is 1. The fourth-order valence-corrected chi connectivity index (χ4v) is 5.78. The van der Waals surface area contributed by atoms with Gasteiger partial charge in [0.15, 0.2) is 6.10 Å².